The SMILES string of the molecule is C=CCS(=O)(=O)N(Cc1ccccc1N)OC(=O)C(C)CO.COc1ccccc1. The van der Waals surface area contributed by atoms with Crippen LogP contribution >= 0.6 is 0 Å². The molecule has 0 amide bonds. The van der Waals surface area contributed by atoms with Crippen molar-refractivity contribution in [1.82, 2.24) is 4.47 Å². The first kappa shape index (κ1) is 25.2. The maximum Gasteiger partial charge on any atom is 0.331 e. The van der Waals surface area contributed by atoms with E-state index in [1.807, 2.05) is 30.3 Å². The molecule has 0 fully saturated rings. The molecule has 0 saturated heterocycles. The fraction of sp³-hybridized carbons (Fsp3) is 0.286. The molecule has 0 saturated carbocycles. The molecule has 3 N–H and O–H groups in total. The molecule has 30 heavy (non-hydrogen) atoms. The maximum atomic E-state index is 12.2. The van der Waals surface area contributed by atoms with E-state index in [-0.39, 0.29) is 12.3 Å². The zero-order valence-electron chi connectivity index (χ0n) is 17.1. The predicted molar refractivity (Wildman–Crippen MR) is 116 cm³/mol. The highest BCUT2D eigenvalue weighted by molar-refractivity contribution is 7.89. The van der Waals surface area contributed by atoms with Crippen LogP contribution in [0.2, 0.25) is 0 Å². The monoisotopic (exact) mass is 436 g/mol. The topological polar surface area (TPSA) is 119 Å². The van der Waals surface area contributed by atoms with Crippen LogP contribution in [0, 0.1) is 5.92 Å². The lowest BCUT2D eigenvalue weighted by molar-refractivity contribution is -0.176. The number of methoxy groups -OCH3 is 1. The van der Waals surface area contributed by atoms with Crippen LogP contribution in [-0.2, 0) is 26.2 Å². The van der Waals surface area contributed by atoms with Gasteiger partial charge in [0.2, 0.25) is 10.0 Å². The summed E-state index contributed by atoms with van der Waals surface area (Å²) in [6.07, 6.45) is 1.19. The summed E-state index contributed by atoms with van der Waals surface area (Å²) in [6, 6.07) is 16.3. The maximum absolute atomic E-state index is 12.2. The summed E-state index contributed by atoms with van der Waals surface area (Å²) >= 11 is 0. The number of nitrogens with zero attached hydrogens (tertiary/aromatic N) is 1. The number of nitrogen functional groups attached to an aromatic ring is 1. The van der Waals surface area contributed by atoms with Crippen molar-refractivity contribution in [1.29, 1.82) is 0 Å². The van der Waals surface area contributed by atoms with Gasteiger partial charge in [0.25, 0.3) is 0 Å². The first-order valence-electron chi connectivity index (χ1n) is 9.11. The van der Waals surface area contributed by atoms with Crippen molar-refractivity contribution in [3.8, 4) is 5.75 Å². The molecule has 2 aromatic carbocycles. The Bertz CT molecular complexity index is 903. The minimum Gasteiger partial charge on any atom is -0.497 e. The Morgan fingerprint density at radius 1 is 1.20 bits per heavy atom. The van der Waals surface area contributed by atoms with Crippen LogP contribution in [0.1, 0.15) is 12.5 Å². The van der Waals surface area contributed by atoms with E-state index in [1.54, 1.807) is 31.4 Å². The average molecular weight is 437 g/mol. The van der Waals surface area contributed by atoms with Crippen LogP contribution in [0.3, 0.4) is 0 Å². The number of nitrogens with two attached hydrogens (primary N) is 1. The van der Waals surface area contributed by atoms with Crippen LogP contribution in [0.15, 0.2) is 67.3 Å². The fourth-order valence-corrected chi connectivity index (χ4v) is 3.05. The van der Waals surface area contributed by atoms with E-state index in [0.717, 1.165) is 5.75 Å². The number of benzene rings is 2. The Morgan fingerprint density at radius 2 is 1.80 bits per heavy atom. The molecule has 0 spiro atoms. The number of aliphatic hydroxyl groups excluding tert-OH is 1. The second-order valence-corrected chi connectivity index (χ2v) is 8.14. The van der Waals surface area contributed by atoms with Gasteiger partial charge in [0, 0.05) is 5.69 Å². The second kappa shape index (κ2) is 12.6. The lowest BCUT2D eigenvalue weighted by Gasteiger charge is -2.22. The minimum absolute atomic E-state index is 0.216. The third kappa shape index (κ3) is 8.24. The Hall–Kier alpha value is -2.88. The molecule has 9 heteroatoms. The van der Waals surface area contributed by atoms with Crippen LogP contribution in [0.5, 0.6) is 5.75 Å². The number of carbonyl (C=O) groups excluding carboxylic acids is 1. The highest BCUT2D eigenvalue weighted by Crippen LogP contribution is 2.17. The molecule has 0 radical (unpaired) electrons. The third-order valence-electron chi connectivity index (χ3n) is 3.84. The normalized spacial score (nSPS) is 11.7. The molecule has 0 bridgehead atoms. The molecule has 1 atom stereocenters. The van der Waals surface area contributed by atoms with Gasteiger partial charge in [0.1, 0.15) is 5.75 Å². The predicted octanol–water partition coefficient (Wildman–Crippen LogP) is 2.37. The number of hydrogen-bond acceptors (Lipinski definition) is 7. The average Bonchev–Trinajstić information content (AvgIpc) is 2.75. The standard InChI is InChI=1S/C14H20N2O5S.C7H8O/c1-3-8-22(19,20)16(21-14(18)11(2)10-17)9-12-6-4-5-7-13(12)15;1-8-7-5-3-2-4-6-7/h3-7,11,17H,1,8-10,15H2,2H3;2-6H,1H3. The summed E-state index contributed by atoms with van der Waals surface area (Å²) in [5.74, 6) is -1.16. The molecule has 0 aromatic heterocycles. The molecule has 2 rings (SSSR count). The summed E-state index contributed by atoms with van der Waals surface area (Å²) in [5, 5.41) is 8.95. The lowest BCUT2D eigenvalue weighted by atomic mass is 10.2. The summed E-state index contributed by atoms with van der Waals surface area (Å²) < 4.78 is 29.8. The first-order valence-corrected chi connectivity index (χ1v) is 10.7. The quantitative estimate of drug-likeness (QED) is 0.352. The summed E-state index contributed by atoms with van der Waals surface area (Å²) in [7, 11) is -2.23. The van der Waals surface area contributed by atoms with Gasteiger partial charge >= 0.3 is 5.97 Å². The number of aliphatic hydroxyl groups is 1. The molecule has 0 aliphatic heterocycles. The number of carbonyl (C=O) groups is 1. The van der Waals surface area contributed by atoms with Crippen LogP contribution < -0.4 is 10.5 Å². The van der Waals surface area contributed by atoms with Crippen LogP contribution in [0.4, 0.5) is 5.69 Å². The van der Waals surface area contributed by atoms with Crippen LogP contribution in [0.25, 0.3) is 0 Å². The first-order chi connectivity index (χ1) is 14.2. The summed E-state index contributed by atoms with van der Waals surface area (Å²) in [4.78, 5) is 16.7. The van der Waals surface area contributed by atoms with Crippen molar-refractivity contribution < 1.29 is 27.9 Å². The third-order valence-corrected chi connectivity index (χ3v) is 5.32. The number of hydroxylamine groups is 1. The fourth-order valence-electron chi connectivity index (χ4n) is 2.06. The van der Waals surface area contributed by atoms with E-state index in [4.69, 9.17) is 20.4 Å². The second-order valence-electron chi connectivity index (χ2n) is 6.24. The van der Waals surface area contributed by atoms with Gasteiger partial charge in [-0.1, -0.05) is 42.5 Å². The molecule has 164 valence electrons. The Morgan fingerprint density at radius 3 is 2.30 bits per heavy atom. The van der Waals surface area contributed by atoms with Gasteiger partial charge in [0.15, 0.2) is 0 Å². The zero-order chi connectivity index (χ0) is 22.6. The summed E-state index contributed by atoms with van der Waals surface area (Å²) in [6.45, 7) is 4.14. The van der Waals surface area contributed by atoms with Crippen molar-refractivity contribution in [2.24, 2.45) is 5.92 Å². The van der Waals surface area contributed by atoms with Gasteiger partial charge in [-0.2, -0.15) is 0 Å². The van der Waals surface area contributed by atoms with Crippen molar-refractivity contribution in [3.63, 3.8) is 0 Å². The van der Waals surface area contributed by atoms with E-state index in [0.29, 0.717) is 15.7 Å². The number of rotatable bonds is 9. The molecule has 2 aromatic rings. The van der Waals surface area contributed by atoms with Gasteiger partial charge < -0.3 is 20.4 Å². The number of hydrogen-bond donors (Lipinski definition) is 2. The number of sulfonamides is 1. The lowest BCUT2D eigenvalue weighted by Crippen LogP contribution is -2.36. The summed E-state index contributed by atoms with van der Waals surface area (Å²) in [5.41, 5.74) is 6.66. The Labute approximate surface area is 177 Å². The molecule has 0 aliphatic carbocycles. The number of anilines is 1. The number of ether oxygens (including phenoxy) is 1. The molecular weight excluding hydrogens is 408 g/mol. The smallest absolute Gasteiger partial charge is 0.331 e. The van der Waals surface area contributed by atoms with Crippen molar-refractivity contribution in [2.45, 2.75) is 13.5 Å². The molecular formula is C21H28N2O6S. The Balaban J connectivity index is 0.000000467. The van der Waals surface area contributed by atoms with Gasteiger partial charge in [-0.15, -0.1) is 6.58 Å². The minimum atomic E-state index is -3.89. The highest BCUT2D eigenvalue weighted by atomic mass is 32.2. The largest absolute Gasteiger partial charge is 0.497 e. The van der Waals surface area contributed by atoms with Crippen molar-refractivity contribution in [3.05, 3.63) is 72.8 Å². The zero-order valence-corrected chi connectivity index (χ0v) is 17.9. The Kier molecular flexibility index (Phi) is 10.6. The van der Waals surface area contributed by atoms with Gasteiger partial charge in [-0.05, 0) is 35.2 Å². The number of para-hydroxylation sites is 2. The van der Waals surface area contributed by atoms with Crippen molar-refractivity contribution in [2.75, 3.05) is 25.2 Å². The highest BCUT2D eigenvalue weighted by Gasteiger charge is 2.28. The van der Waals surface area contributed by atoms with E-state index in [2.05, 4.69) is 6.58 Å². The van der Waals surface area contributed by atoms with Crippen molar-refractivity contribution >= 4 is 21.7 Å². The van der Waals surface area contributed by atoms with Gasteiger partial charge in [0.05, 0.1) is 31.9 Å². The van der Waals surface area contributed by atoms with Gasteiger partial charge in [-0.25, -0.2) is 13.2 Å². The van der Waals surface area contributed by atoms with E-state index >= 15 is 0 Å². The van der Waals surface area contributed by atoms with Gasteiger partial charge in [-0.3, -0.25) is 0 Å². The van der Waals surface area contributed by atoms with E-state index < -0.39 is 28.5 Å². The van der Waals surface area contributed by atoms with E-state index in [1.165, 1.54) is 13.0 Å². The molecule has 1 unspecified atom stereocenters. The molecule has 0 heterocycles. The van der Waals surface area contributed by atoms with E-state index in [9.17, 15) is 13.2 Å². The molecule has 8 nitrogen and oxygen atoms in total. The molecule has 0 aliphatic rings. The van der Waals surface area contributed by atoms with Crippen LogP contribution in [-0.4, -0.2) is 43.4 Å².